The zero-order valence-corrected chi connectivity index (χ0v) is 14.5. The Labute approximate surface area is 148 Å². The number of anilines is 1. The smallest absolute Gasteiger partial charge is 0.272 e. The average Bonchev–Trinajstić information content (AvgIpc) is 3.23. The second-order valence-corrected chi connectivity index (χ2v) is 6.85. The Hall–Kier alpha value is -2.43. The van der Waals surface area contributed by atoms with Gasteiger partial charge in [-0.2, -0.15) is 0 Å². The molecule has 1 aromatic carbocycles. The number of nitrogens with zero attached hydrogens (tertiary/aromatic N) is 4. The fourth-order valence-corrected chi connectivity index (χ4v) is 3.63. The molecule has 0 unspecified atom stereocenters. The maximum atomic E-state index is 13.0. The fourth-order valence-electron chi connectivity index (χ4n) is 3.63. The van der Waals surface area contributed by atoms with Crippen molar-refractivity contribution in [2.24, 2.45) is 0 Å². The van der Waals surface area contributed by atoms with E-state index in [0.717, 1.165) is 50.4 Å². The van der Waals surface area contributed by atoms with Gasteiger partial charge in [-0.3, -0.25) is 4.79 Å². The summed E-state index contributed by atoms with van der Waals surface area (Å²) >= 11 is 0. The van der Waals surface area contributed by atoms with Crippen molar-refractivity contribution in [1.82, 2.24) is 14.9 Å². The molecule has 2 aromatic rings. The number of aromatic nitrogens is 2. The molecule has 0 aliphatic carbocycles. The van der Waals surface area contributed by atoms with E-state index in [4.69, 9.17) is 4.98 Å². The minimum atomic E-state index is 0.0414. The Kier molecular flexibility index (Phi) is 4.63. The largest absolute Gasteiger partial charge is 0.356 e. The zero-order chi connectivity index (χ0) is 17.1. The molecule has 4 rings (SSSR count). The quantitative estimate of drug-likeness (QED) is 0.862. The molecule has 1 aromatic heterocycles. The molecule has 0 atom stereocenters. The molecule has 2 fully saturated rings. The second kappa shape index (κ2) is 7.21. The number of hydrogen-bond acceptors (Lipinski definition) is 4. The van der Waals surface area contributed by atoms with Crippen molar-refractivity contribution in [3.63, 3.8) is 0 Å². The SMILES string of the molecule is O=C(c1cc(N2CCCC2)nc(-c2ccccc2)n1)N1CCCCC1. The Morgan fingerprint density at radius 2 is 1.52 bits per heavy atom. The Bertz CT molecular complexity index is 735. The second-order valence-electron chi connectivity index (χ2n) is 6.85. The van der Waals surface area contributed by atoms with Gasteiger partial charge in [0.15, 0.2) is 5.82 Å². The van der Waals surface area contributed by atoms with Gasteiger partial charge < -0.3 is 9.80 Å². The van der Waals surface area contributed by atoms with Gasteiger partial charge in [-0.25, -0.2) is 9.97 Å². The van der Waals surface area contributed by atoms with Crippen LogP contribution in [0, 0.1) is 0 Å². The highest BCUT2D eigenvalue weighted by molar-refractivity contribution is 5.93. The molecule has 3 heterocycles. The minimum Gasteiger partial charge on any atom is -0.356 e. The van der Waals surface area contributed by atoms with Crippen LogP contribution in [-0.2, 0) is 0 Å². The van der Waals surface area contributed by atoms with Gasteiger partial charge in [0.2, 0.25) is 0 Å². The molecule has 0 bridgehead atoms. The van der Waals surface area contributed by atoms with Crippen LogP contribution in [0.5, 0.6) is 0 Å². The zero-order valence-electron chi connectivity index (χ0n) is 14.5. The third-order valence-corrected chi connectivity index (χ3v) is 5.04. The summed E-state index contributed by atoms with van der Waals surface area (Å²) in [6, 6.07) is 11.8. The van der Waals surface area contributed by atoms with Gasteiger partial charge in [-0.15, -0.1) is 0 Å². The third-order valence-electron chi connectivity index (χ3n) is 5.04. The molecule has 0 N–H and O–H groups in total. The lowest BCUT2D eigenvalue weighted by atomic mass is 10.1. The molecule has 0 spiro atoms. The number of likely N-dealkylation sites (tertiary alicyclic amines) is 1. The van der Waals surface area contributed by atoms with Gasteiger partial charge in [-0.1, -0.05) is 30.3 Å². The summed E-state index contributed by atoms with van der Waals surface area (Å²) in [4.78, 5) is 26.5. The predicted octanol–water partition coefficient (Wildman–Crippen LogP) is 3.37. The van der Waals surface area contributed by atoms with Crippen LogP contribution in [0.4, 0.5) is 5.82 Å². The van der Waals surface area contributed by atoms with E-state index in [9.17, 15) is 4.79 Å². The van der Waals surface area contributed by atoms with Crippen LogP contribution >= 0.6 is 0 Å². The van der Waals surface area contributed by atoms with Crippen molar-refractivity contribution in [2.45, 2.75) is 32.1 Å². The van der Waals surface area contributed by atoms with E-state index in [0.29, 0.717) is 11.5 Å². The number of carbonyl (C=O) groups excluding carboxylic acids is 1. The molecule has 130 valence electrons. The lowest BCUT2D eigenvalue weighted by Gasteiger charge is -2.27. The van der Waals surface area contributed by atoms with E-state index >= 15 is 0 Å². The molecular weight excluding hydrogens is 312 g/mol. The van der Waals surface area contributed by atoms with Crippen LogP contribution in [0.1, 0.15) is 42.6 Å². The predicted molar refractivity (Wildman–Crippen MR) is 98.7 cm³/mol. The third kappa shape index (κ3) is 3.50. The van der Waals surface area contributed by atoms with Crippen LogP contribution < -0.4 is 4.90 Å². The number of carbonyl (C=O) groups is 1. The molecule has 2 aliphatic rings. The lowest BCUT2D eigenvalue weighted by Crippen LogP contribution is -2.36. The first-order valence-electron chi connectivity index (χ1n) is 9.30. The van der Waals surface area contributed by atoms with Gasteiger partial charge in [0.05, 0.1) is 0 Å². The normalized spacial score (nSPS) is 17.8. The van der Waals surface area contributed by atoms with Crippen molar-refractivity contribution in [3.05, 3.63) is 42.1 Å². The summed E-state index contributed by atoms with van der Waals surface area (Å²) in [5.74, 6) is 1.57. The topological polar surface area (TPSA) is 49.3 Å². The van der Waals surface area contributed by atoms with Crippen LogP contribution in [0.15, 0.2) is 36.4 Å². The molecule has 2 saturated heterocycles. The maximum absolute atomic E-state index is 13.0. The molecule has 5 heteroatoms. The van der Waals surface area contributed by atoms with Crippen molar-refractivity contribution in [2.75, 3.05) is 31.1 Å². The van der Waals surface area contributed by atoms with E-state index in [1.54, 1.807) is 0 Å². The van der Waals surface area contributed by atoms with Gasteiger partial charge in [0.1, 0.15) is 11.5 Å². The van der Waals surface area contributed by atoms with E-state index in [-0.39, 0.29) is 5.91 Å². The summed E-state index contributed by atoms with van der Waals surface area (Å²) in [6.07, 6.45) is 5.74. The number of rotatable bonds is 3. The van der Waals surface area contributed by atoms with E-state index < -0.39 is 0 Å². The van der Waals surface area contributed by atoms with Gasteiger partial charge >= 0.3 is 0 Å². The number of benzene rings is 1. The molecule has 25 heavy (non-hydrogen) atoms. The highest BCUT2D eigenvalue weighted by atomic mass is 16.2. The first kappa shape index (κ1) is 16.1. The standard InChI is InChI=1S/C20H24N4O/c25-20(24-13-5-2-6-14-24)17-15-18(23-11-7-8-12-23)22-19(21-17)16-9-3-1-4-10-16/h1,3-4,9-10,15H,2,5-8,11-14H2. The van der Waals surface area contributed by atoms with E-state index in [1.807, 2.05) is 41.3 Å². The Morgan fingerprint density at radius 3 is 2.24 bits per heavy atom. The molecule has 0 radical (unpaired) electrons. The van der Waals surface area contributed by atoms with Gasteiger partial charge in [-0.05, 0) is 32.1 Å². The maximum Gasteiger partial charge on any atom is 0.272 e. The summed E-state index contributed by atoms with van der Waals surface area (Å²) in [5.41, 5.74) is 1.48. The van der Waals surface area contributed by atoms with Crippen molar-refractivity contribution >= 4 is 11.7 Å². The summed E-state index contributed by atoms with van der Waals surface area (Å²) < 4.78 is 0. The van der Waals surface area contributed by atoms with Crippen LogP contribution in [-0.4, -0.2) is 47.0 Å². The number of hydrogen-bond donors (Lipinski definition) is 0. The molecule has 2 aliphatic heterocycles. The van der Waals surface area contributed by atoms with Crippen LogP contribution in [0.3, 0.4) is 0 Å². The molecular formula is C20H24N4O. The summed E-state index contributed by atoms with van der Waals surface area (Å²) in [5, 5.41) is 0. The Balaban J connectivity index is 1.71. The highest BCUT2D eigenvalue weighted by Gasteiger charge is 2.23. The van der Waals surface area contributed by atoms with Crippen LogP contribution in [0.2, 0.25) is 0 Å². The monoisotopic (exact) mass is 336 g/mol. The molecule has 5 nitrogen and oxygen atoms in total. The van der Waals surface area contributed by atoms with Crippen LogP contribution in [0.25, 0.3) is 11.4 Å². The van der Waals surface area contributed by atoms with E-state index in [2.05, 4.69) is 9.88 Å². The molecule has 1 amide bonds. The average molecular weight is 336 g/mol. The van der Waals surface area contributed by atoms with E-state index in [1.165, 1.54) is 19.3 Å². The number of amides is 1. The fraction of sp³-hybridized carbons (Fsp3) is 0.450. The number of piperidine rings is 1. The lowest BCUT2D eigenvalue weighted by molar-refractivity contribution is 0.0718. The highest BCUT2D eigenvalue weighted by Crippen LogP contribution is 2.24. The van der Waals surface area contributed by atoms with Gasteiger partial charge in [0, 0.05) is 37.8 Å². The first-order chi connectivity index (χ1) is 12.3. The summed E-state index contributed by atoms with van der Waals surface area (Å²) in [6.45, 7) is 3.68. The van der Waals surface area contributed by atoms with Crippen molar-refractivity contribution < 1.29 is 4.79 Å². The van der Waals surface area contributed by atoms with Crippen molar-refractivity contribution in [1.29, 1.82) is 0 Å². The summed E-state index contributed by atoms with van der Waals surface area (Å²) in [7, 11) is 0. The minimum absolute atomic E-state index is 0.0414. The van der Waals surface area contributed by atoms with Gasteiger partial charge in [0.25, 0.3) is 5.91 Å². The first-order valence-corrected chi connectivity index (χ1v) is 9.30. The van der Waals surface area contributed by atoms with Crippen molar-refractivity contribution in [3.8, 4) is 11.4 Å². The Morgan fingerprint density at radius 1 is 0.840 bits per heavy atom. The molecule has 0 saturated carbocycles.